The van der Waals surface area contributed by atoms with Crippen molar-refractivity contribution in [2.24, 2.45) is 5.41 Å². The van der Waals surface area contributed by atoms with Gasteiger partial charge in [-0.3, -0.25) is 0 Å². The number of benzene rings is 1. The molecule has 1 aliphatic carbocycles. The molecule has 0 bridgehead atoms. The lowest BCUT2D eigenvalue weighted by Gasteiger charge is -2.43. The summed E-state index contributed by atoms with van der Waals surface area (Å²) in [4.78, 5) is 0. The predicted molar refractivity (Wildman–Crippen MR) is 58.5 cm³/mol. The highest BCUT2D eigenvalue weighted by atomic mass is 16.3. The number of rotatable bonds is 2. The van der Waals surface area contributed by atoms with E-state index in [4.69, 9.17) is 0 Å². The van der Waals surface area contributed by atoms with Gasteiger partial charge in [-0.2, -0.15) is 0 Å². The monoisotopic (exact) mass is 191 g/mol. The number of nitrogens with one attached hydrogen (secondary N) is 1. The van der Waals surface area contributed by atoms with Crippen LogP contribution in [0.1, 0.15) is 26.7 Å². The Hall–Kier alpha value is -1.18. The molecule has 1 saturated carbocycles. The van der Waals surface area contributed by atoms with Gasteiger partial charge in [-0.1, -0.05) is 19.9 Å². The molecule has 0 aromatic heterocycles. The lowest BCUT2D eigenvalue weighted by Crippen LogP contribution is -2.41. The van der Waals surface area contributed by atoms with Gasteiger partial charge >= 0.3 is 0 Å². The molecule has 1 aliphatic rings. The fourth-order valence-corrected chi connectivity index (χ4v) is 2.21. The molecule has 0 unspecified atom stereocenters. The Morgan fingerprint density at radius 2 is 2.07 bits per heavy atom. The summed E-state index contributed by atoms with van der Waals surface area (Å²) in [5.74, 6) is 0.327. The highest BCUT2D eigenvalue weighted by Crippen LogP contribution is 2.41. The minimum atomic E-state index is 0.327. The average Bonchev–Trinajstić information content (AvgIpc) is 2.00. The van der Waals surface area contributed by atoms with Gasteiger partial charge in [0.1, 0.15) is 5.75 Å². The van der Waals surface area contributed by atoms with Crippen molar-refractivity contribution in [3.8, 4) is 5.75 Å². The molecular formula is C12H17NO. The highest BCUT2D eigenvalue weighted by Gasteiger charge is 2.35. The lowest BCUT2D eigenvalue weighted by molar-refractivity contribution is 0.167. The van der Waals surface area contributed by atoms with Gasteiger partial charge in [0.05, 0.1) is 0 Å². The number of phenols is 1. The van der Waals surface area contributed by atoms with Crippen molar-refractivity contribution < 1.29 is 5.11 Å². The maximum Gasteiger partial charge on any atom is 0.117 e. The van der Waals surface area contributed by atoms with Gasteiger partial charge < -0.3 is 10.4 Å². The number of hydrogen-bond donors (Lipinski definition) is 2. The maximum atomic E-state index is 9.28. The number of aromatic hydroxyl groups is 1. The normalized spacial score (nSPS) is 20.1. The second kappa shape index (κ2) is 3.19. The van der Waals surface area contributed by atoms with Crippen LogP contribution in [-0.4, -0.2) is 11.1 Å². The van der Waals surface area contributed by atoms with Gasteiger partial charge in [0, 0.05) is 17.8 Å². The van der Waals surface area contributed by atoms with E-state index < -0.39 is 0 Å². The molecule has 2 nitrogen and oxygen atoms in total. The first-order valence-corrected chi connectivity index (χ1v) is 5.11. The van der Waals surface area contributed by atoms with E-state index in [0.717, 1.165) is 5.69 Å². The van der Waals surface area contributed by atoms with Crippen LogP contribution in [0.15, 0.2) is 24.3 Å². The van der Waals surface area contributed by atoms with E-state index in [1.54, 1.807) is 12.1 Å². The van der Waals surface area contributed by atoms with Crippen LogP contribution in [0.4, 0.5) is 5.69 Å². The van der Waals surface area contributed by atoms with Gasteiger partial charge in [-0.25, -0.2) is 0 Å². The minimum absolute atomic E-state index is 0.327. The van der Waals surface area contributed by atoms with Crippen LogP contribution in [-0.2, 0) is 0 Å². The topological polar surface area (TPSA) is 32.3 Å². The SMILES string of the molecule is CC1(C)CC(Nc2cccc(O)c2)C1. The quantitative estimate of drug-likeness (QED) is 0.753. The second-order valence-corrected chi connectivity index (χ2v) is 4.96. The summed E-state index contributed by atoms with van der Waals surface area (Å²) in [6.45, 7) is 4.57. The molecule has 0 heterocycles. The summed E-state index contributed by atoms with van der Waals surface area (Å²) < 4.78 is 0. The van der Waals surface area contributed by atoms with Crippen LogP contribution in [0.3, 0.4) is 0 Å². The van der Waals surface area contributed by atoms with E-state index in [0.29, 0.717) is 17.2 Å². The summed E-state index contributed by atoms with van der Waals surface area (Å²) in [6.07, 6.45) is 2.42. The maximum absolute atomic E-state index is 9.28. The van der Waals surface area contributed by atoms with Crippen LogP contribution < -0.4 is 5.32 Å². The molecule has 2 heteroatoms. The largest absolute Gasteiger partial charge is 0.508 e. The molecule has 1 fully saturated rings. The zero-order chi connectivity index (χ0) is 10.2. The zero-order valence-electron chi connectivity index (χ0n) is 8.75. The van der Waals surface area contributed by atoms with Crippen LogP contribution in [0.2, 0.25) is 0 Å². The molecule has 0 saturated heterocycles. The van der Waals surface area contributed by atoms with Crippen molar-refractivity contribution >= 4 is 5.69 Å². The molecule has 2 rings (SSSR count). The van der Waals surface area contributed by atoms with Crippen LogP contribution in [0, 0.1) is 5.41 Å². The Balaban J connectivity index is 1.93. The van der Waals surface area contributed by atoms with Crippen molar-refractivity contribution in [1.29, 1.82) is 0 Å². The Labute approximate surface area is 85.0 Å². The zero-order valence-corrected chi connectivity index (χ0v) is 8.75. The van der Waals surface area contributed by atoms with Crippen molar-refractivity contribution in [2.45, 2.75) is 32.7 Å². The standard InChI is InChI=1S/C12H17NO/c1-12(2)7-10(8-12)13-9-4-3-5-11(14)6-9/h3-6,10,13-14H,7-8H2,1-2H3. The third-order valence-corrected chi connectivity index (χ3v) is 2.81. The average molecular weight is 191 g/mol. The van der Waals surface area contributed by atoms with Gasteiger partial charge in [0.15, 0.2) is 0 Å². The molecule has 14 heavy (non-hydrogen) atoms. The third-order valence-electron chi connectivity index (χ3n) is 2.81. The number of hydrogen-bond acceptors (Lipinski definition) is 2. The van der Waals surface area contributed by atoms with Crippen molar-refractivity contribution in [1.82, 2.24) is 0 Å². The number of phenolic OH excluding ortho intramolecular Hbond substituents is 1. The van der Waals surface area contributed by atoms with E-state index in [-0.39, 0.29) is 0 Å². The Morgan fingerprint density at radius 3 is 2.64 bits per heavy atom. The van der Waals surface area contributed by atoms with Crippen LogP contribution >= 0.6 is 0 Å². The summed E-state index contributed by atoms with van der Waals surface area (Å²) in [7, 11) is 0. The fraction of sp³-hybridized carbons (Fsp3) is 0.500. The smallest absolute Gasteiger partial charge is 0.117 e. The third kappa shape index (κ3) is 2.00. The van der Waals surface area contributed by atoms with E-state index in [2.05, 4.69) is 19.2 Å². The Kier molecular flexibility index (Phi) is 2.14. The summed E-state index contributed by atoms with van der Waals surface area (Å²) in [6, 6.07) is 7.89. The molecule has 76 valence electrons. The summed E-state index contributed by atoms with van der Waals surface area (Å²) in [5, 5.41) is 12.7. The Morgan fingerprint density at radius 1 is 1.36 bits per heavy atom. The van der Waals surface area contributed by atoms with Gasteiger partial charge in [0.25, 0.3) is 0 Å². The molecule has 0 aliphatic heterocycles. The molecular weight excluding hydrogens is 174 g/mol. The van der Waals surface area contributed by atoms with E-state index in [1.807, 2.05) is 12.1 Å². The van der Waals surface area contributed by atoms with Crippen molar-refractivity contribution in [2.75, 3.05) is 5.32 Å². The first-order chi connectivity index (χ1) is 6.55. The molecule has 0 atom stereocenters. The van der Waals surface area contributed by atoms with E-state index in [9.17, 15) is 5.11 Å². The molecule has 0 amide bonds. The van der Waals surface area contributed by atoms with Gasteiger partial charge in [0.2, 0.25) is 0 Å². The second-order valence-electron chi connectivity index (χ2n) is 4.96. The first kappa shape index (κ1) is 9.38. The molecule has 1 aromatic carbocycles. The molecule has 1 aromatic rings. The molecule has 2 N–H and O–H groups in total. The summed E-state index contributed by atoms with van der Waals surface area (Å²) >= 11 is 0. The minimum Gasteiger partial charge on any atom is -0.508 e. The number of anilines is 1. The van der Waals surface area contributed by atoms with Crippen LogP contribution in [0.25, 0.3) is 0 Å². The summed E-state index contributed by atoms with van der Waals surface area (Å²) in [5.41, 5.74) is 1.51. The highest BCUT2D eigenvalue weighted by molar-refractivity contribution is 5.48. The van der Waals surface area contributed by atoms with E-state index >= 15 is 0 Å². The fourth-order valence-electron chi connectivity index (χ4n) is 2.21. The van der Waals surface area contributed by atoms with Crippen molar-refractivity contribution in [3.63, 3.8) is 0 Å². The van der Waals surface area contributed by atoms with Gasteiger partial charge in [-0.05, 0) is 30.4 Å². The van der Waals surface area contributed by atoms with Crippen LogP contribution in [0.5, 0.6) is 5.75 Å². The Bertz CT molecular complexity index is 325. The molecule has 0 spiro atoms. The molecule has 0 radical (unpaired) electrons. The van der Waals surface area contributed by atoms with Crippen molar-refractivity contribution in [3.05, 3.63) is 24.3 Å². The first-order valence-electron chi connectivity index (χ1n) is 5.11. The lowest BCUT2D eigenvalue weighted by atomic mass is 9.68. The predicted octanol–water partition coefficient (Wildman–Crippen LogP) is 2.99. The van der Waals surface area contributed by atoms with Gasteiger partial charge in [-0.15, -0.1) is 0 Å². The van der Waals surface area contributed by atoms with E-state index in [1.165, 1.54) is 12.8 Å².